The van der Waals surface area contributed by atoms with Crippen LogP contribution in [0.25, 0.3) is 0 Å². The summed E-state index contributed by atoms with van der Waals surface area (Å²) < 4.78 is 42.9. The fourth-order valence-corrected chi connectivity index (χ4v) is 2.04. The maximum absolute atomic E-state index is 12.5. The number of rotatable bonds is 4. The molecule has 5 heteroatoms. The van der Waals surface area contributed by atoms with E-state index in [0.717, 1.165) is 18.6 Å². The number of nitrogens with zero attached hydrogens (tertiary/aromatic N) is 1. The van der Waals surface area contributed by atoms with Crippen LogP contribution < -0.4 is 4.74 Å². The van der Waals surface area contributed by atoms with Crippen LogP contribution in [0, 0.1) is 17.2 Å². The van der Waals surface area contributed by atoms with Gasteiger partial charge >= 0.3 is 6.18 Å². The fourth-order valence-electron chi connectivity index (χ4n) is 2.04. The second kappa shape index (κ2) is 5.52. The zero-order valence-electron chi connectivity index (χ0n) is 10.3. The van der Waals surface area contributed by atoms with Crippen LogP contribution in [0.3, 0.4) is 0 Å². The van der Waals surface area contributed by atoms with Gasteiger partial charge in [0.05, 0.1) is 17.7 Å². The van der Waals surface area contributed by atoms with Crippen molar-refractivity contribution >= 4 is 0 Å². The summed E-state index contributed by atoms with van der Waals surface area (Å²) in [5, 5.41) is 8.88. The van der Waals surface area contributed by atoms with Crippen molar-refractivity contribution in [2.24, 2.45) is 5.92 Å². The third-order valence-corrected chi connectivity index (χ3v) is 3.44. The summed E-state index contributed by atoms with van der Waals surface area (Å²) in [4.78, 5) is 0. The van der Waals surface area contributed by atoms with Crippen LogP contribution in [0.2, 0.25) is 0 Å². The zero-order valence-corrected chi connectivity index (χ0v) is 10.3. The highest BCUT2D eigenvalue weighted by Gasteiger charge is 2.31. The second-order valence-corrected chi connectivity index (χ2v) is 4.75. The first kappa shape index (κ1) is 13.7. The third kappa shape index (κ3) is 3.40. The lowest BCUT2D eigenvalue weighted by Gasteiger charge is -2.25. The van der Waals surface area contributed by atoms with Gasteiger partial charge in [-0.25, -0.2) is 0 Å². The van der Waals surface area contributed by atoms with Crippen LogP contribution in [-0.4, -0.2) is 6.61 Å². The van der Waals surface area contributed by atoms with E-state index < -0.39 is 11.7 Å². The predicted octanol–water partition coefficient (Wildman–Crippen LogP) is 4.15. The minimum absolute atomic E-state index is 0.0663. The quantitative estimate of drug-likeness (QED) is 0.822. The molecule has 0 heterocycles. The predicted molar refractivity (Wildman–Crippen MR) is 63.6 cm³/mol. The Morgan fingerprint density at radius 3 is 2.58 bits per heavy atom. The third-order valence-electron chi connectivity index (χ3n) is 3.44. The van der Waals surface area contributed by atoms with Crippen LogP contribution in [0.4, 0.5) is 13.2 Å². The van der Waals surface area contributed by atoms with Crippen molar-refractivity contribution < 1.29 is 17.9 Å². The molecule has 0 amide bonds. The van der Waals surface area contributed by atoms with Gasteiger partial charge in [0.2, 0.25) is 0 Å². The molecule has 19 heavy (non-hydrogen) atoms. The monoisotopic (exact) mass is 269 g/mol. The SMILES string of the molecule is N#Cc1cc(C(F)(F)F)ccc1OCCC1CCC1. The van der Waals surface area contributed by atoms with Gasteiger partial charge in [-0.15, -0.1) is 0 Å². The van der Waals surface area contributed by atoms with Gasteiger partial charge in [-0.2, -0.15) is 18.4 Å². The Hall–Kier alpha value is -1.70. The summed E-state index contributed by atoms with van der Waals surface area (Å²) in [5.41, 5.74) is -0.890. The molecule has 0 atom stereocenters. The van der Waals surface area contributed by atoms with Crippen molar-refractivity contribution in [1.29, 1.82) is 5.26 Å². The van der Waals surface area contributed by atoms with Crippen molar-refractivity contribution in [2.75, 3.05) is 6.61 Å². The first-order chi connectivity index (χ1) is 9.00. The molecule has 0 unspecified atom stereocenters. The zero-order chi connectivity index (χ0) is 13.9. The molecule has 0 saturated heterocycles. The fraction of sp³-hybridized carbons (Fsp3) is 0.500. The normalized spacial score (nSPS) is 15.7. The molecular weight excluding hydrogens is 255 g/mol. The van der Waals surface area contributed by atoms with E-state index in [9.17, 15) is 13.2 Å². The van der Waals surface area contributed by atoms with Gasteiger partial charge in [-0.05, 0) is 30.5 Å². The second-order valence-electron chi connectivity index (χ2n) is 4.75. The van der Waals surface area contributed by atoms with E-state index in [-0.39, 0.29) is 11.3 Å². The smallest absolute Gasteiger partial charge is 0.416 e. The van der Waals surface area contributed by atoms with E-state index >= 15 is 0 Å². The summed E-state index contributed by atoms with van der Waals surface area (Å²) in [6.45, 7) is 0.449. The van der Waals surface area contributed by atoms with E-state index in [1.807, 2.05) is 0 Å². The first-order valence-electron chi connectivity index (χ1n) is 6.25. The van der Waals surface area contributed by atoms with Gasteiger partial charge in [-0.3, -0.25) is 0 Å². The van der Waals surface area contributed by atoms with Crippen molar-refractivity contribution in [2.45, 2.75) is 31.9 Å². The number of ether oxygens (including phenoxy) is 1. The Kier molecular flexibility index (Phi) is 3.98. The molecule has 0 N–H and O–H groups in total. The largest absolute Gasteiger partial charge is 0.492 e. The summed E-state index contributed by atoms with van der Waals surface area (Å²) in [6.07, 6.45) is 0.0965. The summed E-state index contributed by atoms with van der Waals surface area (Å²) in [6, 6.07) is 4.75. The van der Waals surface area contributed by atoms with Gasteiger partial charge < -0.3 is 4.74 Å². The molecule has 0 aliphatic heterocycles. The highest BCUT2D eigenvalue weighted by Crippen LogP contribution is 2.33. The molecule has 1 fully saturated rings. The Balaban J connectivity index is 2.01. The Morgan fingerprint density at radius 2 is 2.05 bits per heavy atom. The minimum Gasteiger partial charge on any atom is -0.492 e. The highest BCUT2D eigenvalue weighted by molar-refractivity contribution is 5.46. The van der Waals surface area contributed by atoms with E-state index in [4.69, 9.17) is 10.00 Å². The number of alkyl halides is 3. The summed E-state index contributed by atoms with van der Waals surface area (Å²) in [7, 11) is 0. The molecule has 1 aliphatic carbocycles. The molecule has 0 radical (unpaired) electrons. The van der Waals surface area contributed by atoms with E-state index in [2.05, 4.69) is 0 Å². The average molecular weight is 269 g/mol. The standard InChI is InChI=1S/C14H14F3NO/c15-14(16,17)12-4-5-13(11(8-12)9-18)19-7-6-10-2-1-3-10/h4-5,8,10H,1-3,6-7H2. The molecule has 0 bridgehead atoms. The van der Waals surface area contributed by atoms with Gasteiger partial charge in [0.1, 0.15) is 11.8 Å². The molecule has 1 aromatic rings. The van der Waals surface area contributed by atoms with E-state index in [0.29, 0.717) is 12.5 Å². The average Bonchev–Trinajstić information content (AvgIpc) is 2.31. The van der Waals surface area contributed by atoms with Crippen molar-refractivity contribution in [1.82, 2.24) is 0 Å². The number of benzene rings is 1. The topological polar surface area (TPSA) is 33.0 Å². The van der Waals surface area contributed by atoms with Crippen LogP contribution in [-0.2, 0) is 6.18 Å². The molecule has 1 aliphatic rings. The molecule has 2 rings (SSSR count). The van der Waals surface area contributed by atoms with Gasteiger partial charge in [0, 0.05) is 0 Å². The summed E-state index contributed by atoms with van der Waals surface area (Å²) in [5.74, 6) is 0.898. The van der Waals surface area contributed by atoms with Gasteiger partial charge in [0.15, 0.2) is 0 Å². The maximum atomic E-state index is 12.5. The molecule has 2 nitrogen and oxygen atoms in total. The molecule has 1 aromatic carbocycles. The highest BCUT2D eigenvalue weighted by atomic mass is 19.4. The molecule has 1 saturated carbocycles. The van der Waals surface area contributed by atoms with Gasteiger partial charge in [-0.1, -0.05) is 19.3 Å². The Labute approximate surface area is 109 Å². The number of hydrogen-bond donors (Lipinski definition) is 0. The minimum atomic E-state index is -4.43. The Morgan fingerprint density at radius 1 is 1.32 bits per heavy atom. The number of halogens is 3. The van der Waals surface area contributed by atoms with Crippen LogP contribution in [0.1, 0.15) is 36.8 Å². The van der Waals surface area contributed by atoms with Crippen LogP contribution in [0.5, 0.6) is 5.75 Å². The number of nitriles is 1. The maximum Gasteiger partial charge on any atom is 0.416 e. The van der Waals surface area contributed by atoms with Crippen LogP contribution >= 0.6 is 0 Å². The van der Waals surface area contributed by atoms with Crippen molar-refractivity contribution in [3.63, 3.8) is 0 Å². The number of hydrogen-bond acceptors (Lipinski definition) is 2. The van der Waals surface area contributed by atoms with Crippen LogP contribution in [0.15, 0.2) is 18.2 Å². The summed E-state index contributed by atoms with van der Waals surface area (Å²) >= 11 is 0. The molecule has 0 aromatic heterocycles. The lowest BCUT2D eigenvalue weighted by atomic mass is 9.83. The Bertz CT molecular complexity index is 486. The lowest BCUT2D eigenvalue weighted by molar-refractivity contribution is -0.137. The van der Waals surface area contributed by atoms with E-state index in [1.165, 1.54) is 25.3 Å². The molecule has 0 spiro atoms. The molecular formula is C14H14F3NO. The van der Waals surface area contributed by atoms with Crippen molar-refractivity contribution in [3.05, 3.63) is 29.3 Å². The molecule has 102 valence electrons. The lowest BCUT2D eigenvalue weighted by Crippen LogP contribution is -2.14. The first-order valence-corrected chi connectivity index (χ1v) is 6.25. The van der Waals surface area contributed by atoms with E-state index in [1.54, 1.807) is 6.07 Å². The van der Waals surface area contributed by atoms with Crippen molar-refractivity contribution in [3.8, 4) is 11.8 Å². The van der Waals surface area contributed by atoms with Gasteiger partial charge in [0.25, 0.3) is 0 Å².